The molecule has 6 heteroatoms. The molecule has 2 amide bonds. The maximum absolute atomic E-state index is 12.4. The fraction of sp³-hybridized carbons (Fsp3) is 0.611. The number of aryl methyl sites for hydroxylation is 1. The van der Waals surface area contributed by atoms with E-state index in [1.54, 1.807) is 10.9 Å². The normalized spacial score (nSPS) is 21.2. The van der Waals surface area contributed by atoms with Crippen LogP contribution in [0.5, 0.6) is 0 Å². The molecular formula is C18H26N4O2. The van der Waals surface area contributed by atoms with Gasteiger partial charge in [-0.05, 0) is 38.5 Å². The Kier molecular flexibility index (Phi) is 5.33. The number of rotatable bonds is 5. The summed E-state index contributed by atoms with van der Waals surface area (Å²) in [6.45, 7) is 4.16. The summed E-state index contributed by atoms with van der Waals surface area (Å²) in [6.07, 6.45) is 12.1. The van der Waals surface area contributed by atoms with Crippen molar-refractivity contribution in [3.63, 3.8) is 0 Å². The van der Waals surface area contributed by atoms with Crippen molar-refractivity contribution in [1.29, 1.82) is 0 Å². The van der Waals surface area contributed by atoms with Gasteiger partial charge in [0.15, 0.2) is 0 Å². The van der Waals surface area contributed by atoms with Gasteiger partial charge in [-0.15, -0.1) is 0 Å². The molecule has 1 fully saturated rings. The van der Waals surface area contributed by atoms with Gasteiger partial charge >= 0.3 is 0 Å². The Balaban J connectivity index is 1.44. The molecule has 1 saturated heterocycles. The standard InChI is InChI=1S/C18H26N4O2/c1-2-22-13-16(12-19-22)20-18(24)15-7-9-21(10-8-15)17(23)11-14-5-3-4-6-14/h3,5,12-15H,2,4,6-11H2,1H3,(H,20,24)/t14-/m1/s1. The number of amides is 2. The molecule has 0 saturated carbocycles. The number of nitrogens with one attached hydrogen (secondary N) is 1. The molecule has 0 aromatic carbocycles. The van der Waals surface area contributed by atoms with Crippen LogP contribution in [-0.4, -0.2) is 39.6 Å². The Bertz CT molecular complexity index is 614. The molecule has 1 aliphatic carbocycles. The van der Waals surface area contributed by atoms with Gasteiger partial charge in [0.2, 0.25) is 11.8 Å². The van der Waals surface area contributed by atoms with E-state index >= 15 is 0 Å². The Morgan fingerprint density at radius 2 is 2.08 bits per heavy atom. The van der Waals surface area contributed by atoms with Crippen LogP contribution in [0.3, 0.4) is 0 Å². The highest BCUT2D eigenvalue weighted by atomic mass is 16.2. The van der Waals surface area contributed by atoms with Crippen LogP contribution in [0.2, 0.25) is 0 Å². The minimum Gasteiger partial charge on any atom is -0.343 e. The molecule has 6 nitrogen and oxygen atoms in total. The fourth-order valence-corrected chi connectivity index (χ4v) is 3.46. The van der Waals surface area contributed by atoms with Crippen molar-refractivity contribution in [3.05, 3.63) is 24.5 Å². The van der Waals surface area contributed by atoms with Crippen molar-refractivity contribution in [2.24, 2.45) is 11.8 Å². The van der Waals surface area contributed by atoms with E-state index in [1.165, 1.54) is 0 Å². The van der Waals surface area contributed by atoms with Crippen LogP contribution in [0.4, 0.5) is 5.69 Å². The lowest BCUT2D eigenvalue weighted by atomic mass is 9.95. The largest absolute Gasteiger partial charge is 0.343 e. The molecule has 24 heavy (non-hydrogen) atoms. The van der Waals surface area contributed by atoms with Crippen LogP contribution < -0.4 is 5.32 Å². The Morgan fingerprint density at radius 1 is 1.29 bits per heavy atom. The molecule has 1 aliphatic heterocycles. The molecule has 0 unspecified atom stereocenters. The lowest BCUT2D eigenvalue weighted by Crippen LogP contribution is -2.41. The van der Waals surface area contributed by atoms with Gasteiger partial charge in [0, 0.05) is 38.2 Å². The monoisotopic (exact) mass is 330 g/mol. The molecule has 1 aromatic rings. The van der Waals surface area contributed by atoms with Crippen LogP contribution in [-0.2, 0) is 16.1 Å². The van der Waals surface area contributed by atoms with Crippen LogP contribution in [0.25, 0.3) is 0 Å². The summed E-state index contributed by atoms with van der Waals surface area (Å²) in [7, 11) is 0. The van der Waals surface area contributed by atoms with Crippen molar-refractivity contribution >= 4 is 17.5 Å². The molecule has 0 bridgehead atoms. The number of piperidine rings is 1. The number of hydrogen-bond acceptors (Lipinski definition) is 3. The molecule has 130 valence electrons. The first-order valence-electron chi connectivity index (χ1n) is 8.93. The lowest BCUT2D eigenvalue weighted by molar-refractivity contribution is -0.135. The first-order valence-corrected chi connectivity index (χ1v) is 8.93. The van der Waals surface area contributed by atoms with Crippen LogP contribution >= 0.6 is 0 Å². The SMILES string of the molecule is CCn1cc(NC(=O)C2CCN(C(=O)C[C@@H]3C=CCC3)CC2)cn1. The zero-order chi connectivity index (χ0) is 16.9. The van der Waals surface area contributed by atoms with Crippen LogP contribution in [0.1, 0.15) is 39.0 Å². The fourth-order valence-electron chi connectivity index (χ4n) is 3.46. The maximum Gasteiger partial charge on any atom is 0.227 e. The smallest absolute Gasteiger partial charge is 0.227 e. The summed E-state index contributed by atoms with van der Waals surface area (Å²) in [5.41, 5.74) is 0.744. The predicted octanol–water partition coefficient (Wildman–Crippen LogP) is 2.44. The highest BCUT2D eigenvalue weighted by Gasteiger charge is 2.28. The van der Waals surface area contributed by atoms with Gasteiger partial charge in [-0.25, -0.2) is 0 Å². The number of hydrogen-bond donors (Lipinski definition) is 1. The van der Waals surface area contributed by atoms with E-state index in [2.05, 4.69) is 22.6 Å². The molecule has 0 radical (unpaired) electrons. The van der Waals surface area contributed by atoms with E-state index in [9.17, 15) is 9.59 Å². The highest BCUT2D eigenvalue weighted by molar-refractivity contribution is 5.92. The first-order chi connectivity index (χ1) is 11.7. The van der Waals surface area contributed by atoms with Gasteiger partial charge in [-0.3, -0.25) is 14.3 Å². The summed E-state index contributed by atoms with van der Waals surface area (Å²) in [5, 5.41) is 7.09. The lowest BCUT2D eigenvalue weighted by Gasteiger charge is -2.31. The summed E-state index contributed by atoms with van der Waals surface area (Å²) in [6, 6.07) is 0. The number of anilines is 1. The Labute approximate surface area is 142 Å². The summed E-state index contributed by atoms with van der Waals surface area (Å²) < 4.78 is 1.79. The van der Waals surface area contributed by atoms with E-state index in [-0.39, 0.29) is 17.7 Å². The Morgan fingerprint density at radius 3 is 2.71 bits per heavy atom. The minimum absolute atomic E-state index is 0.0228. The van der Waals surface area contributed by atoms with Crippen molar-refractivity contribution in [2.45, 2.75) is 45.6 Å². The van der Waals surface area contributed by atoms with E-state index in [1.807, 2.05) is 18.0 Å². The average molecular weight is 330 g/mol. The second kappa shape index (κ2) is 7.64. The molecule has 2 aliphatic rings. The topological polar surface area (TPSA) is 67.2 Å². The predicted molar refractivity (Wildman–Crippen MR) is 92.3 cm³/mol. The van der Waals surface area contributed by atoms with Gasteiger partial charge in [0.25, 0.3) is 0 Å². The minimum atomic E-state index is -0.0228. The highest BCUT2D eigenvalue weighted by Crippen LogP contribution is 2.24. The number of likely N-dealkylation sites (tertiary alicyclic amines) is 1. The van der Waals surface area contributed by atoms with Crippen LogP contribution in [0.15, 0.2) is 24.5 Å². The third-order valence-electron chi connectivity index (χ3n) is 4.99. The molecule has 0 spiro atoms. The second-order valence-electron chi connectivity index (χ2n) is 6.70. The van der Waals surface area contributed by atoms with Crippen molar-refractivity contribution in [3.8, 4) is 0 Å². The van der Waals surface area contributed by atoms with Crippen molar-refractivity contribution in [1.82, 2.24) is 14.7 Å². The number of nitrogens with zero attached hydrogens (tertiary/aromatic N) is 3. The first kappa shape index (κ1) is 16.7. The molecule has 1 aromatic heterocycles. The van der Waals surface area contributed by atoms with Gasteiger partial charge in [-0.2, -0.15) is 5.10 Å². The third-order valence-corrected chi connectivity index (χ3v) is 4.99. The summed E-state index contributed by atoms with van der Waals surface area (Å²) >= 11 is 0. The molecule has 3 rings (SSSR count). The zero-order valence-corrected chi connectivity index (χ0v) is 14.3. The number of carbonyl (C=O) groups excluding carboxylic acids is 2. The Hall–Kier alpha value is -2.11. The number of allylic oxidation sites excluding steroid dienone is 2. The van der Waals surface area contributed by atoms with E-state index in [4.69, 9.17) is 0 Å². The molecule has 2 heterocycles. The zero-order valence-electron chi connectivity index (χ0n) is 14.3. The molecular weight excluding hydrogens is 304 g/mol. The number of carbonyl (C=O) groups is 2. The average Bonchev–Trinajstić information content (AvgIpc) is 3.26. The quantitative estimate of drug-likeness (QED) is 0.843. The van der Waals surface area contributed by atoms with Crippen molar-refractivity contribution < 1.29 is 9.59 Å². The van der Waals surface area contributed by atoms with Gasteiger partial charge in [-0.1, -0.05) is 12.2 Å². The van der Waals surface area contributed by atoms with E-state index in [0.717, 1.165) is 37.9 Å². The summed E-state index contributed by atoms with van der Waals surface area (Å²) in [5.74, 6) is 0.658. The summed E-state index contributed by atoms with van der Waals surface area (Å²) in [4.78, 5) is 26.6. The molecule has 1 atom stereocenters. The van der Waals surface area contributed by atoms with E-state index in [0.29, 0.717) is 25.4 Å². The van der Waals surface area contributed by atoms with Gasteiger partial charge in [0.05, 0.1) is 11.9 Å². The molecule has 1 N–H and O–H groups in total. The third kappa shape index (κ3) is 4.04. The van der Waals surface area contributed by atoms with Gasteiger partial charge in [0.1, 0.15) is 0 Å². The maximum atomic E-state index is 12.4. The van der Waals surface area contributed by atoms with Gasteiger partial charge < -0.3 is 10.2 Å². The second-order valence-corrected chi connectivity index (χ2v) is 6.70. The van der Waals surface area contributed by atoms with E-state index < -0.39 is 0 Å². The number of aromatic nitrogens is 2. The van der Waals surface area contributed by atoms with Crippen molar-refractivity contribution in [2.75, 3.05) is 18.4 Å². The van der Waals surface area contributed by atoms with Crippen LogP contribution in [0, 0.1) is 11.8 Å².